The largest absolute Gasteiger partial charge is 1.00 e. The number of hydrogen-bond acceptors (Lipinski definition) is 0. The zero-order chi connectivity index (χ0) is 13.8. The molecule has 0 amide bonds. The van der Waals surface area contributed by atoms with Gasteiger partial charge >= 0.3 is 0 Å². The monoisotopic (exact) mass is 298 g/mol. The summed E-state index contributed by atoms with van der Waals surface area (Å²) in [4.78, 5) is 3.35. The summed E-state index contributed by atoms with van der Waals surface area (Å²) in [7, 11) is 0. The van der Waals surface area contributed by atoms with E-state index in [0.29, 0.717) is 0 Å². The molecule has 2 nitrogen and oxygen atoms in total. The molecule has 0 saturated heterocycles. The van der Waals surface area contributed by atoms with Crippen molar-refractivity contribution in [3.8, 4) is 0 Å². The van der Waals surface area contributed by atoms with E-state index in [2.05, 4.69) is 77.3 Å². The van der Waals surface area contributed by atoms with Crippen LogP contribution in [0.4, 0.5) is 0 Å². The fraction of sp³-hybridized carbons (Fsp3) is 0.167. The lowest BCUT2D eigenvalue weighted by atomic mass is 10.1. The van der Waals surface area contributed by atoms with Gasteiger partial charge in [-0.05, 0) is 18.1 Å². The summed E-state index contributed by atoms with van der Waals surface area (Å²) in [6, 6.07) is 19.3. The van der Waals surface area contributed by atoms with Crippen molar-refractivity contribution in [2.45, 2.75) is 19.9 Å². The van der Waals surface area contributed by atoms with Gasteiger partial charge in [0.2, 0.25) is 0 Å². The zero-order valence-corrected chi connectivity index (χ0v) is 12.8. The number of benzene rings is 2. The Morgan fingerprint density at radius 3 is 2.33 bits per heavy atom. The molecule has 0 bridgehead atoms. The van der Waals surface area contributed by atoms with Gasteiger partial charge in [-0.25, -0.2) is 9.55 Å². The molecule has 108 valence electrons. The van der Waals surface area contributed by atoms with Gasteiger partial charge < -0.3 is 12.4 Å². The minimum absolute atomic E-state index is 0. The average Bonchev–Trinajstić information content (AvgIpc) is 2.90. The van der Waals surface area contributed by atoms with Crippen molar-refractivity contribution in [2.75, 3.05) is 0 Å². The van der Waals surface area contributed by atoms with E-state index >= 15 is 0 Å². The molecule has 21 heavy (non-hydrogen) atoms. The van der Waals surface area contributed by atoms with E-state index < -0.39 is 0 Å². The topological polar surface area (TPSA) is 19.7 Å². The van der Waals surface area contributed by atoms with Crippen LogP contribution in [0.3, 0.4) is 0 Å². The molecule has 3 rings (SSSR count). The lowest BCUT2D eigenvalue weighted by Crippen LogP contribution is -3.00. The second kappa shape index (κ2) is 7.09. The van der Waals surface area contributed by atoms with Crippen molar-refractivity contribution >= 4 is 0 Å². The first-order valence-corrected chi connectivity index (χ1v) is 6.96. The van der Waals surface area contributed by atoms with Crippen LogP contribution in [-0.4, -0.2) is 4.98 Å². The van der Waals surface area contributed by atoms with E-state index in [4.69, 9.17) is 0 Å². The Morgan fingerprint density at radius 1 is 0.905 bits per heavy atom. The van der Waals surface area contributed by atoms with Gasteiger partial charge in [0.05, 0.1) is 6.42 Å². The molecule has 0 aliphatic rings. The predicted octanol–water partition coefficient (Wildman–Crippen LogP) is 0.254. The Bertz CT molecular complexity index is 672. The molecule has 0 aliphatic heterocycles. The molecular weight excluding hydrogens is 280 g/mol. The Morgan fingerprint density at radius 2 is 1.62 bits per heavy atom. The fourth-order valence-corrected chi connectivity index (χ4v) is 2.38. The van der Waals surface area contributed by atoms with Gasteiger partial charge in [-0.15, -0.1) is 0 Å². The van der Waals surface area contributed by atoms with Crippen LogP contribution in [0.15, 0.2) is 67.0 Å². The lowest BCUT2D eigenvalue weighted by Gasteiger charge is -2.03. The van der Waals surface area contributed by atoms with E-state index in [1.165, 1.54) is 22.5 Å². The number of nitrogens with one attached hydrogen (secondary N) is 1. The van der Waals surface area contributed by atoms with Gasteiger partial charge in [-0.3, -0.25) is 0 Å². The summed E-state index contributed by atoms with van der Waals surface area (Å²) < 4.78 is 2.28. The quantitative estimate of drug-likeness (QED) is 0.667. The fourth-order valence-electron chi connectivity index (χ4n) is 2.38. The number of H-pyrrole nitrogens is 1. The van der Waals surface area contributed by atoms with E-state index in [9.17, 15) is 0 Å². The van der Waals surface area contributed by atoms with Crippen molar-refractivity contribution in [3.05, 3.63) is 89.5 Å². The third kappa shape index (κ3) is 3.96. The van der Waals surface area contributed by atoms with Crippen molar-refractivity contribution < 1.29 is 17.0 Å². The number of rotatable bonds is 4. The molecule has 0 radical (unpaired) electrons. The molecule has 2 aromatic carbocycles. The van der Waals surface area contributed by atoms with Crippen LogP contribution in [0.1, 0.15) is 22.5 Å². The second-order valence-electron chi connectivity index (χ2n) is 5.18. The SMILES string of the molecule is Cc1ccc(C[n+]2cc[nH]c2Cc2ccccc2)cc1.[Cl-]. The van der Waals surface area contributed by atoms with E-state index in [1.54, 1.807) is 0 Å². The van der Waals surface area contributed by atoms with Gasteiger partial charge in [0.25, 0.3) is 5.82 Å². The van der Waals surface area contributed by atoms with Crippen molar-refractivity contribution in [3.63, 3.8) is 0 Å². The molecule has 0 saturated carbocycles. The van der Waals surface area contributed by atoms with Crippen LogP contribution in [0, 0.1) is 6.92 Å². The second-order valence-corrected chi connectivity index (χ2v) is 5.18. The van der Waals surface area contributed by atoms with Crippen LogP contribution in [0.25, 0.3) is 0 Å². The first-order valence-electron chi connectivity index (χ1n) is 6.96. The highest BCUT2D eigenvalue weighted by atomic mass is 35.5. The van der Waals surface area contributed by atoms with E-state index in [1.807, 2.05) is 6.20 Å². The molecular formula is C18H19ClN2. The Kier molecular flexibility index (Phi) is 5.18. The predicted molar refractivity (Wildman–Crippen MR) is 80.5 cm³/mol. The van der Waals surface area contributed by atoms with Gasteiger partial charge in [0.15, 0.2) is 0 Å². The van der Waals surface area contributed by atoms with Crippen LogP contribution < -0.4 is 17.0 Å². The Hall–Kier alpha value is -2.06. The maximum absolute atomic E-state index is 3.35. The Labute approximate surface area is 131 Å². The van der Waals surface area contributed by atoms with Gasteiger partial charge in [-0.1, -0.05) is 60.2 Å². The number of nitrogens with zero attached hydrogens (tertiary/aromatic N) is 1. The molecule has 1 heterocycles. The van der Waals surface area contributed by atoms with Crippen LogP contribution in [0.5, 0.6) is 0 Å². The number of hydrogen-bond donors (Lipinski definition) is 1. The summed E-state index contributed by atoms with van der Waals surface area (Å²) in [5, 5.41) is 0. The molecule has 0 spiro atoms. The molecule has 1 N–H and O–H groups in total. The van der Waals surface area contributed by atoms with Crippen molar-refractivity contribution in [1.29, 1.82) is 0 Å². The molecule has 1 aromatic heterocycles. The first-order chi connectivity index (χ1) is 9.81. The van der Waals surface area contributed by atoms with Gasteiger partial charge in [0, 0.05) is 0 Å². The normalized spacial score (nSPS) is 10.1. The number of aryl methyl sites for hydroxylation is 1. The highest BCUT2D eigenvalue weighted by molar-refractivity contribution is 5.21. The number of imidazole rings is 1. The standard InChI is InChI=1S/C18H18N2.ClH/c1-15-7-9-17(10-8-15)14-20-12-11-19-18(20)13-16-5-3-2-4-6-16;/h2-12H,13-14H2,1H3;1H. The Balaban J connectivity index is 0.00000161. The highest BCUT2D eigenvalue weighted by Gasteiger charge is 2.11. The molecule has 3 aromatic rings. The average molecular weight is 299 g/mol. The van der Waals surface area contributed by atoms with Crippen molar-refractivity contribution in [1.82, 2.24) is 4.98 Å². The molecule has 0 unspecified atom stereocenters. The van der Waals surface area contributed by atoms with E-state index in [-0.39, 0.29) is 12.4 Å². The minimum atomic E-state index is 0. The molecule has 0 aliphatic carbocycles. The van der Waals surface area contributed by atoms with Crippen LogP contribution in [-0.2, 0) is 13.0 Å². The van der Waals surface area contributed by atoms with Crippen LogP contribution in [0.2, 0.25) is 0 Å². The minimum Gasteiger partial charge on any atom is -1.00 e. The summed E-state index contributed by atoms with van der Waals surface area (Å²) in [6.07, 6.45) is 5.05. The third-order valence-electron chi connectivity index (χ3n) is 3.54. The smallest absolute Gasteiger partial charge is 0.258 e. The lowest BCUT2D eigenvalue weighted by molar-refractivity contribution is -0.694. The van der Waals surface area contributed by atoms with Gasteiger partial charge in [0.1, 0.15) is 18.9 Å². The highest BCUT2D eigenvalue weighted by Crippen LogP contribution is 2.06. The van der Waals surface area contributed by atoms with Crippen LogP contribution >= 0.6 is 0 Å². The summed E-state index contributed by atoms with van der Waals surface area (Å²) in [5.41, 5.74) is 3.96. The maximum atomic E-state index is 3.35. The summed E-state index contributed by atoms with van der Waals surface area (Å²) in [5.74, 6) is 1.23. The summed E-state index contributed by atoms with van der Waals surface area (Å²) in [6.45, 7) is 3.03. The van der Waals surface area contributed by atoms with Crippen molar-refractivity contribution in [2.24, 2.45) is 0 Å². The van der Waals surface area contributed by atoms with E-state index in [0.717, 1.165) is 13.0 Å². The number of aromatic amines is 1. The maximum Gasteiger partial charge on any atom is 0.258 e. The molecule has 0 atom stereocenters. The zero-order valence-electron chi connectivity index (χ0n) is 12.1. The molecule has 0 fully saturated rings. The summed E-state index contributed by atoms with van der Waals surface area (Å²) >= 11 is 0. The van der Waals surface area contributed by atoms with Gasteiger partial charge in [-0.2, -0.15) is 0 Å². The third-order valence-corrected chi connectivity index (χ3v) is 3.54. The number of halogens is 1. The number of aromatic nitrogens is 2. The first kappa shape index (κ1) is 15.3. The molecule has 3 heteroatoms.